The fourth-order valence-corrected chi connectivity index (χ4v) is 2.06. The van der Waals surface area contributed by atoms with Crippen LogP contribution in [0.4, 0.5) is 87.8 Å². The molecular formula is C11H2F20O3S. The fourth-order valence-electron chi connectivity index (χ4n) is 1.49. The summed E-state index contributed by atoms with van der Waals surface area (Å²) in [5.74, 6) is -46.9. The molecule has 35 heavy (non-hydrogen) atoms. The Balaban J connectivity index is 7.15. The molecule has 0 N–H and O–H groups in total. The summed E-state index contributed by atoms with van der Waals surface area (Å²) in [6.07, 6.45) is -21.0. The Morgan fingerprint density at radius 3 is 1.06 bits per heavy atom. The average Bonchev–Trinajstić information content (AvgIpc) is 2.56. The maximum atomic E-state index is 14.2. The van der Waals surface area contributed by atoms with Crippen molar-refractivity contribution in [3.63, 3.8) is 0 Å². The van der Waals surface area contributed by atoms with Crippen LogP contribution >= 0.6 is 0 Å². The van der Waals surface area contributed by atoms with E-state index >= 15 is 0 Å². The van der Waals surface area contributed by atoms with Gasteiger partial charge in [-0.2, -0.15) is 96.2 Å². The monoisotopic (exact) mass is 594 g/mol. The first-order chi connectivity index (χ1) is 14.7. The Hall–Kier alpha value is -1.75. The van der Waals surface area contributed by atoms with E-state index in [-0.39, 0.29) is 0 Å². The SMILES string of the molecule is O=S(=O)(OC(F)(/C=C/C(F)(F)C(F)(F)C(F)(F)C(F)(F)F)C(F)(F)C(F)(F)C(F)(F)F)C(F)(F)F. The Morgan fingerprint density at radius 2 is 0.771 bits per heavy atom. The summed E-state index contributed by atoms with van der Waals surface area (Å²) < 4.78 is 277. The van der Waals surface area contributed by atoms with E-state index in [0.29, 0.717) is 0 Å². The highest BCUT2D eigenvalue weighted by atomic mass is 32.2. The van der Waals surface area contributed by atoms with Gasteiger partial charge in [0.05, 0.1) is 0 Å². The lowest BCUT2D eigenvalue weighted by molar-refractivity contribution is -0.395. The smallest absolute Gasteiger partial charge is 0.212 e. The van der Waals surface area contributed by atoms with Crippen molar-refractivity contribution in [1.82, 2.24) is 0 Å². The Labute approximate surface area is 177 Å². The molecule has 1 atom stereocenters. The number of rotatable bonds is 8. The van der Waals surface area contributed by atoms with E-state index in [2.05, 4.69) is 0 Å². The molecule has 0 aliphatic rings. The summed E-state index contributed by atoms with van der Waals surface area (Å²) in [4.78, 5) is 0. The highest BCUT2D eigenvalue weighted by Gasteiger charge is 2.84. The van der Waals surface area contributed by atoms with Gasteiger partial charge in [-0.3, -0.25) is 0 Å². The molecule has 0 fully saturated rings. The van der Waals surface area contributed by atoms with E-state index in [1.165, 1.54) is 0 Å². The second kappa shape index (κ2) is 8.39. The minimum atomic E-state index is -8.17. The Kier molecular flexibility index (Phi) is 7.98. The van der Waals surface area contributed by atoms with Crippen LogP contribution in [0.1, 0.15) is 0 Å². The third-order valence-corrected chi connectivity index (χ3v) is 4.40. The Bertz CT molecular complexity index is 906. The molecule has 0 aromatic heterocycles. The number of hydrogen-bond acceptors (Lipinski definition) is 3. The van der Waals surface area contributed by atoms with Gasteiger partial charge in [0.15, 0.2) is 0 Å². The van der Waals surface area contributed by atoms with Gasteiger partial charge in [0.25, 0.3) is 0 Å². The van der Waals surface area contributed by atoms with Crippen molar-refractivity contribution in [3.8, 4) is 0 Å². The lowest BCUT2D eigenvalue weighted by Crippen LogP contribution is -2.64. The zero-order chi connectivity index (χ0) is 29.1. The van der Waals surface area contributed by atoms with Gasteiger partial charge < -0.3 is 0 Å². The first kappa shape index (κ1) is 33.2. The molecule has 0 aliphatic heterocycles. The minimum Gasteiger partial charge on any atom is -0.212 e. The van der Waals surface area contributed by atoms with Crippen molar-refractivity contribution in [2.24, 2.45) is 0 Å². The maximum Gasteiger partial charge on any atom is 0.523 e. The maximum absolute atomic E-state index is 14.2. The van der Waals surface area contributed by atoms with Crippen LogP contribution in [0.3, 0.4) is 0 Å². The molecular weight excluding hydrogens is 592 g/mol. The summed E-state index contributed by atoms with van der Waals surface area (Å²) in [7, 11) is -8.17. The highest BCUT2D eigenvalue weighted by molar-refractivity contribution is 7.87. The molecule has 0 amide bonds. The van der Waals surface area contributed by atoms with Crippen molar-refractivity contribution in [1.29, 1.82) is 0 Å². The van der Waals surface area contributed by atoms with E-state index in [1.54, 1.807) is 4.18 Å². The van der Waals surface area contributed by atoms with E-state index in [1.807, 2.05) is 0 Å². The molecule has 0 aromatic rings. The number of allylic oxidation sites excluding steroid dienone is 1. The van der Waals surface area contributed by atoms with Crippen LogP contribution in [-0.4, -0.2) is 61.7 Å². The quantitative estimate of drug-likeness (QED) is 0.142. The molecule has 0 bridgehead atoms. The van der Waals surface area contributed by atoms with Crippen molar-refractivity contribution >= 4 is 10.1 Å². The van der Waals surface area contributed by atoms with Gasteiger partial charge in [0.2, 0.25) is 0 Å². The van der Waals surface area contributed by atoms with Crippen molar-refractivity contribution in [2.75, 3.05) is 0 Å². The van der Waals surface area contributed by atoms with Crippen LogP contribution in [0.25, 0.3) is 0 Å². The topological polar surface area (TPSA) is 43.4 Å². The lowest BCUT2D eigenvalue weighted by atomic mass is 9.98. The second-order valence-electron chi connectivity index (χ2n) is 5.88. The molecule has 0 aliphatic carbocycles. The number of halogens is 20. The van der Waals surface area contributed by atoms with Crippen LogP contribution in [0, 0.1) is 0 Å². The molecule has 0 saturated carbocycles. The first-order valence-electron chi connectivity index (χ1n) is 7.10. The molecule has 3 nitrogen and oxygen atoms in total. The zero-order valence-electron chi connectivity index (χ0n) is 14.8. The molecule has 210 valence electrons. The summed E-state index contributed by atoms with van der Waals surface area (Å²) in [6.45, 7) is 0. The number of alkyl halides is 20. The zero-order valence-corrected chi connectivity index (χ0v) is 15.7. The molecule has 0 spiro atoms. The van der Waals surface area contributed by atoms with Crippen LogP contribution in [-0.2, 0) is 14.3 Å². The molecule has 0 rings (SSSR count). The summed E-state index contributed by atoms with van der Waals surface area (Å²) in [6, 6.07) is 0. The lowest BCUT2D eigenvalue weighted by Gasteiger charge is -2.36. The van der Waals surface area contributed by atoms with Gasteiger partial charge in [-0.15, -0.1) is 0 Å². The summed E-state index contributed by atoms with van der Waals surface area (Å²) in [5, 5.41) is 0. The molecule has 0 radical (unpaired) electrons. The Morgan fingerprint density at radius 1 is 0.457 bits per heavy atom. The van der Waals surface area contributed by atoms with Crippen LogP contribution in [0.15, 0.2) is 12.2 Å². The normalized spacial score (nSPS) is 18.2. The molecule has 0 heterocycles. The van der Waals surface area contributed by atoms with Crippen LogP contribution < -0.4 is 0 Å². The van der Waals surface area contributed by atoms with Gasteiger partial charge in [-0.1, -0.05) is 0 Å². The standard InChI is InChI=1S/C11H2F20O3S/c12-3(13,5(15,16)7(19,20)9(23,24)25)1-2-4(14,34-35(32,33)11(29,30)31)6(17,18)8(21,22)10(26,27)28/h1-2H/b2-1+. The third kappa shape index (κ3) is 5.35. The molecule has 0 aromatic carbocycles. The van der Waals surface area contributed by atoms with Crippen molar-refractivity contribution < 1.29 is 100 Å². The number of hydrogen-bond donors (Lipinski definition) is 0. The van der Waals surface area contributed by atoms with Gasteiger partial charge in [-0.05, 0) is 12.2 Å². The summed E-state index contributed by atoms with van der Waals surface area (Å²) >= 11 is 0. The minimum absolute atomic E-state index is 1.77. The van der Waals surface area contributed by atoms with Crippen LogP contribution in [0.2, 0.25) is 0 Å². The third-order valence-electron chi connectivity index (χ3n) is 3.37. The predicted molar refractivity (Wildman–Crippen MR) is 65.9 cm³/mol. The molecule has 1 unspecified atom stereocenters. The fraction of sp³-hybridized carbons (Fsp3) is 0.818. The van der Waals surface area contributed by atoms with Gasteiger partial charge in [0, 0.05) is 0 Å². The summed E-state index contributed by atoms with van der Waals surface area (Å²) in [5.41, 5.74) is -7.22. The van der Waals surface area contributed by atoms with Crippen molar-refractivity contribution in [3.05, 3.63) is 12.2 Å². The predicted octanol–water partition coefficient (Wildman–Crippen LogP) is 6.38. The van der Waals surface area contributed by atoms with Gasteiger partial charge in [0.1, 0.15) is 0 Å². The second-order valence-corrected chi connectivity index (χ2v) is 7.42. The molecule has 0 saturated heterocycles. The van der Waals surface area contributed by atoms with E-state index in [9.17, 15) is 96.2 Å². The van der Waals surface area contributed by atoms with Gasteiger partial charge >= 0.3 is 63.4 Å². The van der Waals surface area contributed by atoms with Crippen LogP contribution in [0.5, 0.6) is 0 Å². The molecule has 24 heteroatoms. The van der Waals surface area contributed by atoms with Crippen molar-refractivity contribution in [2.45, 2.75) is 53.3 Å². The van der Waals surface area contributed by atoms with Gasteiger partial charge in [-0.25, -0.2) is 4.18 Å². The first-order valence-corrected chi connectivity index (χ1v) is 8.51. The largest absolute Gasteiger partial charge is 0.523 e. The van der Waals surface area contributed by atoms with E-state index < -0.39 is 75.6 Å². The van der Waals surface area contributed by atoms with E-state index in [0.717, 1.165) is 0 Å². The average molecular weight is 594 g/mol. The highest BCUT2D eigenvalue weighted by Crippen LogP contribution is 2.56. The van der Waals surface area contributed by atoms with E-state index in [4.69, 9.17) is 0 Å².